The first-order chi connectivity index (χ1) is 53.3. The van der Waals surface area contributed by atoms with Crippen molar-refractivity contribution in [1.82, 2.24) is 46.9 Å². The predicted octanol–water partition coefficient (Wildman–Crippen LogP) is 11.5. The van der Waals surface area contributed by atoms with Crippen LogP contribution < -0.4 is 47.2 Å². The molecule has 28 heteroatoms. The molecular weight excluding hydrogens is 1650 g/mol. The average Bonchev–Trinajstić information content (AvgIpc) is 0.726. The van der Waals surface area contributed by atoms with Crippen molar-refractivity contribution in [3.8, 4) is 0 Å². The number of nitrogens with one attached hydrogen (secondary N) is 6. The molecule has 3 aromatic heterocycles. The second-order valence-corrected chi connectivity index (χ2v) is 25.4. The van der Waals surface area contributed by atoms with Crippen LogP contribution in [0, 0.1) is 69.8 Å². The fourth-order valence-corrected chi connectivity index (χ4v) is 14.6. The van der Waals surface area contributed by atoms with Crippen LogP contribution in [-0.2, 0) is 53.3 Å². The maximum atomic E-state index is 15.3. The topological polar surface area (TPSA) is 231 Å². The van der Waals surface area contributed by atoms with Gasteiger partial charge in [-0.1, -0.05) is 91.1 Å². The largest absolute Gasteiger partial charge is 3.00 e. The van der Waals surface area contributed by atoms with E-state index in [9.17, 15) is 56.0 Å². The SMILES string of the molecule is O=C([O-])c1nccc(C2(c3ccc(F)cc3F)C=CC=CN2)c1C1(c2ccc(F)cc2F)C=CC=CN1.O=C([O-])c1nccc(C2(c3ccc(F)cc3F)C=CC=CN2)c1C1(c2ccc(F)cc2F)C=CC=CN1.O=C([O-])c1nccc(C2(c3ccc(F)cc3F)C=CC=CN2)c1C1(c2ccc(F)cc2F)C=CC=CN1.[Ir+3]. The van der Waals surface area contributed by atoms with E-state index < -0.39 is 138 Å². The summed E-state index contributed by atoms with van der Waals surface area (Å²) < 4.78 is 175. The van der Waals surface area contributed by atoms with Crippen molar-refractivity contribution in [3.63, 3.8) is 0 Å². The Balaban J connectivity index is 0.000000155. The maximum Gasteiger partial charge on any atom is 3.00 e. The summed E-state index contributed by atoms with van der Waals surface area (Å²) in [6.45, 7) is 0. The summed E-state index contributed by atoms with van der Waals surface area (Å²) in [5.41, 5.74) is -11.8. The van der Waals surface area contributed by atoms with E-state index in [2.05, 4.69) is 46.9 Å². The smallest absolute Gasteiger partial charge is 0.543 e. The second kappa shape index (κ2) is 31.7. The van der Waals surface area contributed by atoms with E-state index >= 15 is 26.3 Å². The van der Waals surface area contributed by atoms with E-state index in [1.165, 1.54) is 129 Å². The molecule has 112 heavy (non-hydrogen) atoms. The van der Waals surface area contributed by atoms with Gasteiger partial charge < -0.3 is 61.6 Å². The van der Waals surface area contributed by atoms with Crippen molar-refractivity contribution < 1.29 is 102 Å². The van der Waals surface area contributed by atoms with E-state index in [4.69, 9.17) is 0 Å². The first kappa shape index (κ1) is 78.3. The summed E-state index contributed by atoms with van der Waals surface area (Å²) in [6.07, 6.45) is 41.0. The molecule has 0 saturated carbocycles. The van der Waals surface area contributed by atoms with Gasteiger partial charge in [-0.2, -0.15) is 0 Å². The van der Waals surface area contributed by atoms with Crippen molar-refractivity contribution in [2.75, 3.05) is 0 Å². The summed E-state index contributed by atoms with van der Waals surface area (Å²) in [5.74, 6) is -15.5. The van der Waals surface area contributed by atoms with Gasteiger partial charge in [0.1, 0.15) is 103 Å². The van der Waals surface area contributed by atoms with E-state index in [0.29, 0.717) is 36.4 Å². The van der Waals surface area contributed by atoms with Gasteiger partial charge in [0.25, 0.3) is 0 Å². The van der Waals surface area contributed by atoms with Crippen molar-refractivity contribution in [3.05, 3.63) is 446 Å². The third-order valence-electron chi connectivity index (χ3n) is 19.2. The summed E-state index contributed by atoms with van der Waals surface area (Å²) >= 11 is 0. The van der Waals surface area contributed by atoms with Gasteiger partial charge in [0, 0.05) is 105 Å². The van der Waals surface area contributed by atoms with Gasteiger partial charge in [0.2, 0.25) is 0 Å². The Morgan fingerprint density at radius 2 is 0.429 bits per heavy atom. The van der Waals surface area contributed by atoms with Crippen LogP contribution in [0.4, 0.5) is 52.7 Å². The molecule has 6 aliphatic rings. The molecular formula is C84H54F12IrN9O6. The Hall–Kier alpha value is -13.3. The van der Waals surface area contributed by atoms with Crippen LogP contribution in [-0.4, -0.2) is 32.9 Å². The van der Waals surface area contributed by atoms with Gasteiger partial charge in [-0.25, -0.2) is 52.7 Å². The Kier molecular flexibility index (Phi) is 22.2. The van der Waals surface area contributed by atoms with Gasteiger partial charge in [-0.3, -0.25) is 15.0 Å². The Labute approximate surface area is 643 Å². The zero-order chi connectivity index (χ0) is 78.6. The Bertz CT molecular complexity index is 5150. The number of hydrogen-bond donors (Lipinski definition) is 6. The molecule has 6 unspecified atom stereocenters. The monoisotopic (exact) mass is 1710 g/mol. The molecule has 0 bridgehead atoms. The van der Waals surface area contributed by atoms with Gasteiger partial charge in [0.15, 0.2) is 0 Å². The second-order valence-electron chi connectivity index (χ2n) is 25.4. The van der Waals surface area contributed by atoms with Crippen LogP contribution in [0.3, 0.4) is 0 Å². The summed E-state index contributed by atoms with van der Waals surface area (Å²) in [5, 5.41) is 55.4. The molecule has 6 aromatic carbocycles. The first-order valence-electron chi connectivity index (χ1n) is 33.4. The number of aromatic nitrogens is 3. The third kappa shape index (κ3) is 14.1. The van der Waals surface area contributed by atoms with Crippen LogP contribution >= 0.6 is 0 Å². The number of carbonyl (C=O) groups excluding carboxylic acids is 3. The normalized spacial score (nSPS) is 21.8. The molecule has 0 aliphatic carbocycles. The minimum absolute atomic E-state index is 0. The van der Waals surface area contributed by atoms with Crippen LogP contribution in [0.15, 0.2) is 293 Å². The number of hydrogen-bond acceptors (Lipinski definition) is 15. The zero-order valence-corrected chi connectivity index (χ0v) is 59.8. The molecule has 15 nitrogen and oxygen atoms in total. The fraction of sp³-hybridized carbons (Fsp3) is 0.0714. The molecule has 564 valence electrons. The van der Waals surface area contributed by atoms with Crippen molar-refractivity contribution in [2.45, 2.75) is 33.2 Å². The molecule has 0 fully saturated rings. The molecule has 6 N–H and O–H groups in total. The Morgan fingerprint density at radius 3 is 0.589 bits per heavy atom. The van der Waals surface area contributed by atoms with Crippen LogP contribution in [0.25, 0.3) is 0 Å². The number of allylic oxidation sites excluding steroid dienone is 12. The fourth-order valence-electron chi connectivity index (χ4n) is 14.6. The molecule has 0 radical (unpaired) electrons. The minimum Gasteiger partial charge on any atom is -0.543 e. The predicted molar refractivity (Wildman–Crippen MR) is 377 cm³/mol. The third-order valence-corrected chi connectivity index (χ3v) is 19.2. The van der Waals surface area contributed by atoms with Crippen LogP contribution in [0.2, 0.25) is 0 Å². The van der Waals surface area contributed by atoms with E-state index in [1.54, 1.807) is 91.1 Å². The number of carboxylic acids is 3. The van der Waals surface area contributed by atoms with Gasteiger partial charge in [0.05, 0.1) is 35.0 Å². The van der Waals surface area contributed by atoms with Crippen molar-refractivity contribution >= 4 is 17.9 Å². The molecule has 6 atom stereocenters. The van der Waals surface area contributed by atoms with E-state index in [1.807, 2.05) is 0 Å². The number of carboxylic acid groups (broad SMARTS) is 3. The molecule has 0 amide bonds. The number of nitrogens with zero attached hydrogens (tertiary/aromatic N) is 3. The number of aromatic carboxylic acids is 3. The standard InChI is InChI=1S/3C28H19F4N3O2.Ir/c3*29-17-5-7-19(22(31)15-17)27(10-1-3-12-34-27)21-9-14-33-25(26(36)37)24(21)28(11-2-4-13-35-28)20-8-6-18(30)16-23(20)32;/h3*1-16,34-35H,(H,36,37);/q;;;+3/p-3. The van der Waals surface area contributed by atoms with Crippen molar-refractivity contribution in [1.29, 1.82) is 0 Å². The van der Waals surface area contributed by atoms with Gasteiger partial charge in [-0.05, 0) is 163 Å². The minimum atomic E-state index is -1.73. The number of benzene rings is 6. The molecule has 15 rings (SSSR count). The first-order valence-corrected chi connectivity index (χ1v) is 33.4. The number of halogens is 12. The number of rotatable bonds is 15. The van der Waals surface area contributed by atoms with Gasteiger partial charge in [-0.15, -0.1) is 0 Å². The maximum absolute atomic E-state index is 15.3. The number of pyridine rings is 3. The van der Waals surface area contributed by atoms with Crippen LogP contribution in [0.5, 0.6) is 0 Å². The van der Waals surface area contributed by atoms with E-state index in [0.717, 1.165) is 36.4 Å². The van der Waals surface area contributed by atoms with Crippen LogP contribution in [0.1, 0.15) is 98.2 Å². The van der Waals surface area contributed by atoms with Gasteiger partial charge >= 0.3 is 20.1 Å². The summed E-state index contributed by atoms with van der Waals surface area (Å²) in [7, 11) is 0. The van der Waals surface area contributed by atoms with Crippen molar-refractivity contribution in [2.24, 2.45) is 0 Å². The molecule has 0 saturated heterocycles. The van der Waals surface area contributed by atoms with E-state index in [-0.39, 0.29) is 86.9 Å². The Morgan fingerprint density at radius 1 is 0.250 bits per heavy atom. The molecule has 6 aliphatic heterocycles. The summed E-state index contributed by atoms with van der Waals surface area (Å²) in [4.78, 5) is 49.2. The zero-order valence-electron chi connectivity index (χ0n) is 57.4. The molecule has 9 heterocycles. The molecule has 9 aromatic rings. The number of dihydropyridines is 6. The quantitative estimate of drug-likeness (QED) is 0.0524. The summed E-state index contributed by atoms with van der Waals surface area (Å²) in [6, 6.07) is 22.1. The average molecular weight is 1710 g/mol. The number of carbonyl (C=O) groups is 3. The molecule has 0 spiro atoms.